The first-order valence-electron chi connectivity index (χ1n) is 9.39. The minimum atomic E-state index is -0.202. The molecular weight excluding hydrogens is 340 g/mol. The van der Waals surface area contributed by atoms with Gasteiger partial charge in [-0.05, 0) is 49.2 Å². The van der Waals surface area contributed by atoms with Crippen molar-refractivity contribution in [2.75, 3.05) is 37.9 Å². The summed E-state index contributed by atoms with van der Waals surface area (Å²) in [6, 6.07) is 14.2. The fourth-order valence-electron chi connectivity index (χ4n) is 3.94. The number of rotatable bonds is 3. The Bertz CT molecular complexity index is 839. The summed E-state index contributed by atoms with van der Waals surface area (Å²) in [7, 11) is 3.72. The minimum absolute atomic E-state index is 0.00849. The van der Waals surface area contributed by atoms with Gasteiger partial charge < -0.3 is 25.6 Å². The predicted octanol–water partition coefficient (Wildman–Crippen LogP) is 2.98. The third-order valence-electron chi connectivity index (χ3n) is 5.39. The molecule has 142 valence electrons. The van der Waals surface area contributed by atoms with Crippen LogP contribution in [0.3, 0.4) is 0 Å². The molecule has 2 aliphatic rings. The first kappa shape index (κ1) is 17.8. The molecule has 2 heterocycles. The lowest BCUT2D eigenvalue weighted by molar-refractivity contribution is 0.0940. The number of benzene rings is 2. The van der Waals surface area contributed by atoms with Crippen molar-refractivity contribution in [1.82, 2.24) is 10.2 Å². The zero-order valence-corrected chi connectivity index (χ0v) is 15.8. The molecule has 6 heteroatoms. The van der Waals surface area contributed by atoms with Crippen LogP contribution in [-0.2, 0) is 17.6 Å². The molecule has 2 atom stereocenters. The predicted molar refractivity (Wildman–Crippen MR) is 108 cm³/mol. The average molecular weight is 366 g/mol. The van der Waals surface area contributed by atoms with Crippen LogP contribution in [0, 0.1) is 0 Å². The molecule has 2 amide bonds. The summed E-state index contributed by atoms with van der Waals surface area (Å²) < 4.78 is 5.47. The number of carbonyl (C=O) groups excluding carboxylic acids is 1. The van der Waals surface area contributed by atoms with E-state index < -0.39 is 0 Å². The second kappa shape index (κ2) is 7.58. The number of ether oxygens (including phenoxy) is 1. The van der Waals surface area contributed by atoms with Crippen molar-refractivity contribution < 1.29 is 9.53 Å². The maximum Gasteiger partial charge on any atom is 0.319 e. The van der Waals surface area contributed by atoms with E-state index in [-0.39, 0.29) is 18.2 Å². The zero-order chi connectivity index (χ0) is 18.8. The summed E-state index contributed by atoms with van der Waals surface area (Å²) in [5, 5.41) is 9.50. The van der Waals surface area contributed by atoms with E-state index in [9.17, 15) is 4.79 Å². The van der Waals surface area contributed by atoms with Crippen LogP contribution in [-0.4, -0.2) is 50.3 Å². The number of hydrogen-bond acceptors (Lipinski definition) is 4. The Kier molecular flexibility index (Phi) is 5.01. The van der Waals surface area contributed by atoms with Crippen LogP contribution < -0.4 is 16.0 Å². The molecule has 2 aromatic rings. The summed E-state index contributed by atoms with van der Waals surface area (Å²) in [5.41, 5.74) is 5.53. The number of hydrogen-bond donors (Lipinski definition) is 3. The lowest BCUT2D eigenvalue weighted by Gasteiger charge is -2.19. The number of anilines is 3. The molecule has 2 aromatic carbocycles. The Labute approximate surface area is 159 Å². The van der Waals surface area contributed by atoms with Gasteiger partial charge in [-0.2, -0.15) is 0 Å². The van der Waals surface area contributed by atoms with E-state index in [1.165, 1.54) is 11.1 Å². The monoisotopic (exact) mass is 366 g/mol. The first-order chi connectivity index (χ1) is 13.1. The number of urea groups is 1. The van der Waals surface area contributed by atoms with E-state index in [4.69, 9.17) is 4.74 Å². The largest absolute Gasteiger partial charge is 0.378 e. The molecule has 27 heavy (non-hydrogen) atoms. The molecule has 4 rings (SSSR count). The highest BCUT2D eigenvalue weighted by Crippen LogP contribution is 2.31. The van der Waals surface area contributed by atoms with Gasteiger partial charge >= 0.3 is 6.03 Å². The van der Waals surface area contributed by atoms with Gasteiger partial charge in [-0.25, -0.2) is 4.79 Å². The maximum absolute atomic E-state index is 12.5. The molecule has 1 saturated heterocycles. The maximum atomic E-state index is 12.5. The molecule has 0 bridgehead atoms. The zero-order valence-electron chi connectivity index (χ0n) is 15.8. The van der Waals surface area contributed by atoms with Crippen LogP contribution in [0.2, 0.25) is 0 Å². The van der Waals surface area contributed by atoms with Crippen LogP contribution in [0.1, 0.15) is 11.1 Å². The van der Waals surface area contributed by atoms with E-state index >= 15 is 0 Å². The quantitative estimate of drug-likeness (QED) is 0.781. The van der Waals surface area contributed by atoms with E-state index in [1.54, 1.807) is 7.11 Å². The molecule has 0 aromatic heterocycles. The number of methoxy groups -OCH3 is 1. The van der Waals surface area contributed by atoms with Crippen LogP contribution in [0.25, 0.3) is 0 Å². The molecule has 0 spiro atoms. The van der Waals surface area contributed by atoms with E-state index in [1.807, 2.05) is 25.2 Å². The third kappa shape index (κ3) is 3.91. The number of carbonyl (C=O) groups is 1. The van der Waals surface area contributed by atoms with Gasteiger partial charge in [-0.3, -0.25) is 0 Å². The van der Waals surface area contributed by atoms with Gasteiger partial charge in [0.25, 0.3) is 0 Å². The van der Waals surface area contributed by atoms with Crippen molar-refractivity contribution in [3.05, 3.63) is 53.6 Å². The van der Waals surface area contributed by atoms with Gasteiger partial charge in [0, 0.05) is 37.3 Å². The molecule has 3 N–H and O–H groups in total. The number of likely N-dealkylation sites (N-methyl/N-ethyl adjacent to an activating group) is 1. The van der Waals surface area contributed by atoms with Crippen LogP contribution in [0.4, 0.5) is 21.9 Å². The summed E-state index contributed by atoms with van der Waals surface area (Å²) in [5.74, 6) is 0. The Morgan fingerprint density at radius 2 is 1.89 bits per heavy atom. The van der Waals surface area contributed by atoms with Crippen molar-refractivity contribution in [2.45, 2.75) is 25.0 Å². The van der Waals surface area contributed by atoms with Crippen LogP contribution >= 0.6 is 0 Å². The van der Waals surface area contributed by atoms with Crippen LogP contribution in [0.15, 0.2) is 42.5 Å². The van der Waals surface area contributed by atoms with Crippen molar-refractivity contribution in [3.8, 4) is 0 Å². The molecule has 2 aliphatic heterocycles. The third-order valence-corrected chi connectivity index (χ3v) is 5.39. The summed E-state index contributed by atoms with van der Waals surface area (Å²) in [4.78, 5) is 14.6. The lowest BCUT2D eigenvalue weighted by Crippen LogP contribution is -2.45. The normalized spacial score (nSPS) is 21.6. The van der Waals surface area contributed by atoms with Gasteiger partial charge in [0.05, 0.1) is 12.1 Å². The highest BCUT2D eigenvalue weighted by atomic mass is 16.5. The van der Waals surface area contributed by atoms with Gasteiger partial charge in [-0.15, -0.1) is 0 Å². The van der Waals surface area contributed by atoms with Gasteiger partial charge in [0.1, 0.15) is 0 Å². The van der Waals surface area contributed by atoms with E-state index in [0.29, 0.717) is 0 Å². The first-order valence-corrected chi connectivity index (χ1v) is 9.39. The number of nitrogens with zero attached hydrogens (tertiary/aromatic N) is 1. The number of amides is 2. The molecule has 0 aliphatic carbocycles. The van der Waals surface area contributed by atoms with Gasteiger partial charge in [-0.1, -0.05) is 24.3 Å². The molecule has 1 fully saturated rings. The van der Waals surface area contributed by atoms with Crippen molar-refractivity contribution in [3.63, 3.8) is 0 Å². The number of fused-ring (bicyclic) bond motifs is 2. The Morgan fingerprint density at radius 3 is 2.70 bits per heavy atom. The number of aryl methyl sites for hydroxylation is 2. The van der Waals surface area contributed by atoms with Gasteiger partial charge in [0.15, 0.2) is 0 Å². The fraction of sp³-hybridized carbons (Fsp3) is 0.381. The number of likely N-dealkylation sites (tertiary alicyclic amines) is 1. The topological polar surface area (TPSA) is 65.6 Å². The molecule has 0 radical (unpaired) electrons. The summed E-state index contributed by atoms with van der Waals surface area (Å²) >= 11 is 0. The Morgan fingerprint density at radius 1 is 1.11 bits per heavy atom. The summed E-state index contributed by atoms with van der Waals surface area (Å²) in [6.07, 6.45) is 2.01. The van der Waals surface area contributed by atoms with Crippen molar-refractivity contribution in [2.24, 2.45) is 0 Å². The lowest BCUT2D eigenvalue weighted by atomic mass is 10.0. The second-order valence-corrected chi connectivity index (χ2v) is 7.35. The molecular formula is C21H26N4O2. The Balaban J connectivity index is 1.45. The standard InChI is InChI=1S/C21H26N4O2/c1-25-12-19(20(13-25)27-2)24-21(26)22-16-10-9-15-8-7-14-5-3-4-6-17(14)23-18(15)11-16/h3-6,9-11,19-20,23H,7-8,12-13H2,1-2H3,(H2,22,24,26)/t19-,20-/m0/s1. The molecule has 0 saturated carbocycles. The second-order valence-electron chi connectivity index (χ2n) is 7.35. The minimum Gasteiger partial charge on any atom is -0.378 e. The molecule has 0 unspecified atom stereocenters. The van der Waals surface area contributed by atoms with E-state index in [2.05, 4.69) is 45.1 Å². The average Bonchev–Trinajstić information content (AvgIpc) is 2.90. The van der Waals surface area contributed by atoms with Crippen molar-refractivity contribution >= 4 is 23.1 Å². The van der Waals surface area contributed by atoms with Crippen molar-refractivity contribution in [1.29, 1.82) is 0 Å². The smallest absolute Gasteiger partial charge is 0.319 e. The number of para-hydroxylation sites is 1. The SMILES string of the molecule is CO[C@H]1CN(C)C[C@@H]1NC(=O)Nc1ccc2c(c1)Nc1ccccc1CC2. The fourth-order valence-corrected chi connectivity index (χ4v) is 3.94. The Hall–Kier alpha value is -2.57. The highest BCUT2D eigenvalue weighted by Gasteiger charge is 2.31. The summed E-state index contributed by atoms with van der Waals surface area (Å²) in [6.45, 7) is 1.61. The molecule has 6 nitrogen and oxygen atoms in total. The number of nitrogens with one attached hydrogen (secondary N) is 3. The van der Waals surface area contributed by atoms with Crippen LogP contribution in [0.5, 0.6) is 0 Å². The highest BCUT2D eigenvalue weighted by molar-refractivity contribution is 5.90. The van der Waals surface area contributed by atoms with Gasteiger partial charge in [0.2, 0.25) is 0 Å². The van der Waals surface area contributed by atoms with E-state index in [0.717, 1.165) is 43.0 Å².